The molecule has 0 spiro atoms. The summed E-state index contributed by atoms with van der Waals surface area (Å²) in [7, 11) is 3.28. The highest BCUT2D eigenvalue weighted by atomic mass is 127. The molecule has 0 aliphatic heterocycles. The molecule has 96 valence electrons. The molecular weight excluding hydrogens is 345 g/mol. The molecule has 0 atom stereocenters. The van der Waals surface area contributed by atoms with Gasteiger partial charge < -0.3 is 19.2 Å². The smallest absolute Gasteiger partial charge is 0.164 e. The largest absolute Gasteiger partial charge is 0.497 e. The van der Waals surface area contributed by atoms with Crippen molar-refractivity contribution in [2.75, 3.05) is 19.5 Å². The van der Waals surface area contributed by atoms with Crippen molar-refractivity contribution in [1.82, 2.24) is 0 Å². The van der Waals surface area contributed by atoms with Gasteiger partial charge in [-0.1, -0.05) is 0 Å². The number of halogens is 1. The van der Waals surface area contributed by atoms with Crippen LogP contribution in [0.15, 0.2) is 34.7 Å². The van der Waals surface area contributed by atoms with E-state index >= 15 is 0 Å². The lowest BCUT2D eigenvalue weighted by Gasteiger charge is -2.11. The molecule has 5 heteroatoms. The van der Waals surface area contributed by atoms with Crippen LogP contribution in [0.3, 0.4) is 0 Å². The van der Waals surface area contributed by atoms with E-state index in [9.17, 15) is 0 Å². The average molecular weight is 359 g/mol. The Kier molecular flexibility index (Phi) is 4.35. The van der Waals surface area contributed by atoms with E-state index in [1.165, 1.54) is 0 Å². The van der Waals surface area contributed by atoms with Crippen molar-refractivity contribution < 1.29 is 13.9 Å². The molecule has 0 saturated heterocycles. The van der Waals surface area contributed by atoms with Gasteiger partial charge in [0, 0.05) is 6.07 Å². The normalized spacial score (nSPS) is 10.2. The SMILES string of the molecule is COc1ccc(OC)c(NCc2ccc(I)o2)c1. The van der Waals surface area contributed by atoms with E-state index in [4.69, 9.17) is 13.9 Å². The molecule has 2 rings (SSSR count). The summed E-state index contributed by atoms with van der Waals surface area (Å²) in [5, 5.41) is 3.27. The molecule has 1 aromatic heterocycles. The van der Waals surface area contributed by atoms with Crippen LogP contribution >= 0.6 is 22.6 Å². The number of rotatable bonds is 5. The first-order chi connectivity index (χ1) is 8.72. The first-order valence-electron chi connectivity index (χ1n) is 5.43. The third kappa shape index (κ3) is 3.10. The first-order valence-corrected chi connectivity index (χ1v) is 6.51. The number of ether oxygens (including phenoxy) is 2. The van der Waals surface area contributed by atoms with Gasteiger partial charge >= 0.3 is 0 Å². The summed E-state index contributed by atoms with van der Waals surface area (Å²) in [5.41, 5.74) is 0.878. The van der Waals surface area contributed by atoms with Crippen LogP contribution in [0.2, 0.25) is 0 Å². The Morgan fingerprint density at radius 1 is 1.17 bits per heavy atom. The van der Waals surface area contributed by atoms with Crippen molar-refractivity contribution in [2.24, 2.45) is 0 Å². The third-order valence-electron chi connectivity index (χ3n) is 2.49. The van der Waals surface area contributed by atoms with Crippen LogP contribution in [0.1, 0.15) is 5.76 Å². The summed E-state index contributed by atoms with van der Waals surface area (Å²) in [4.78, 5) is 0. The molecular formula is C13H14INO3. The van der Waals surface area contributed by atoms with Crippen molar-refractivity contribution in [3.8, 4) is 11.5 Å². The van der Waals surface area contributed by atoms with Gasteiger partial charge in [0.15, 0.2) is 3.77 Å². The zero-order valence-electron chi connectivity index (χ0n) is 10.2. The summed E-state index contributed by atoms with van der Waals surface area (Å²) in [6.45, 7) is 0.604. The highest BCUT2D eigenvalue weighted by molar-refractivity contribution is 14.1. The Morgan fingerprint density at radius 3 is 2.61 bits per heavy atom. The molecule has 0 bridgehead atoms. The predicted octanol–water partition coefficient (Wildman–Crippen LogP) is 3.51. The van der Waals surface area contributed by atoms with Gasteiger partial charge in [0.05, 0.1) is 26.5 Å². The summed E-state index contributed by atoms with van der Waals surface area (Å²) >= 11 is 2.14. The van der Waals surface area contributed by atoms with Crippen LogP contribution in [0.4, 0.5) is 5.69 Å². The van der Waals surface area contributed by atoms with Gasteiger partial charge in [-0.05, 0) is 46.9 Å². The maximum atomic E-state index is 5.49. The standard InChI is InChI=1S/C13H14INO3/c1-16-9-3-5-12(17-2)11(7-9)15-8-10-4-6-13(14)18-10/h3-7,15H,8H2,1-2H3. The van der Waals surface area contributed by atoms with E-state index in [2.05, 4.69) is 27.9 Å². The van der Waals surface area contributed by atoms with E-state index in [0.29, 0.717) is 6.54 Å². The molecule has 0 aliphatic rings. The van der Waals surface area contributed by atoms with Gasteiger partial charge in [0.1, 0.15) is 17.3 Å². The van der Waals surface area contributed by atoms with E-state index in [0.717, 1.165) is 26.7 Å². The number of hydrogen-bond donors (Lipinski definition) is 1. The molecule has 1 aromatic carbocycles. The zero-order chi connectivity index (χ0) is 13.0. The van der Waals surface area contributed by atoms with E-state index in [-0.39, 0.29) is 0 Å². The quantitative estimate of drug-likeness (QED) is 0.830. The molecule has 4 nitrogen and oxygen atoms in total. The van der Waals surface area contributed by atoms with Crippen molar-refractivity contribution in [1.29, 1.82) is 0 Å². The molecule has 0 fully saturated rings. The Morgan fingerprint density at radius 2 is 2.00 bits per heavy atom. The van der Waals surface area contributed by atoms with Gasteiger partial charge in [0.25, 0.3) is 0 Å². The van der Waals surface area contributed by atoms with Crippen LogP contribution < -0.4 is 14.8 Å². The van der Waals surface area contributed by atoms with Gasteiger partial charge in [-0.25, -0.2) is 0 Å². The van der Waals surface area contributed by atoms with E-state index in [1.807, 2.05) is 30.3 Å². The van der Waals surface area contributed by atoms with E-state index < -0.39 is 0 Å². The lowest BCUT2D eigenvalue weighted by Crippen LogP contribution is -2.01. The molecule has 1 heterocycles. The summed E-state index contributed by atoms with van der Waals surface area (Å²) in [6.07, 6.45) is 0. The Balaban J connectivity index is 2.11. The highest BCUT2D eigenvalue weighted by Gasteiger charge is 2.06. The average Bonchev–Trinajstić information content (AvgIpc) is 2.81. The molecule has 1 N–H and O–H groups in total. The maximum Gasteiger partial charge on any atom is 0.164 e. The number of anilines is 1. The second-order valence-electron chi connectivity index (χ2n) is 3.63. The van der Waals surface area contributed by atoms with Gasteiger partial charge in [-0.3, -0.25) is 0 Å². The van der Waals surface area contributed by atoms with Gasteiger partial charge in [0.2, 0.25) is 0 Å². The Hall–Kier alpha value is -1.37. The third-order valence-corrected chi connectivity index (χ3v) is 3.07. The van der Waals surface area contributed by atoms with Crippen LogP contribution in [-0.4, -0.2) is 14.2 Å². The number of furan rings is 1. The monoisotopic (exact) mass is 359 g/mol. The lowest BCUT2D eigenvalue weighted by molar-refractivity contribution is 0.404. The maximum absolute atomic E-state index is 5.49. The number of methoxy groups -OCH3 is 2. The van der Waals surface area contributed by atoms with Gasteiger partial charge in [-0.15, -0.1) is 0 Å². The Bertz CT molecular complexity index is 525. The predicted molar refractivity (Wildman–Crippen MR) is 78.3 cm³/mol. The molecule has 0 aliphatic carbocycles. The fourth-order valence-corrected chi connectivity index (χ4v) is 2.04. The van der Waals surface area contributed by atoms with Crippen molar-refractivity contribution >= 4 is 28.3 Å². The lowest BCUT2D eigenvalue weighted by atomic mass is 10.2. The topological polar surface area (TPSA) is 43.6 Å². The summed E-state index contributed by atoms with van der Waals surface area (Å²) in [6, 6.07) is 9.50. The summed E-state index contributed by atoms with van der Waals surface area (Å²) in [5.74, 6) is 2.44. The van der Waals surface area contributed by atoms with Crippen molar-refractivity contribution in [3.63, 3.8) is 0 Å². The highest BCUT2D eigenvalue weighted by Crippen LogP contribution is 2.29. The molecule has 0 unspecified atom stereocenters. The fraction of sp³-hybridized carbons (Fsp3) is 0.231. The second kappa shape index (κ2) is 5.99. The Labute approximate surface area is 119 Å². The number of hydrogen-bond acceptors (Lipinski definition) is 4. The second-order valence-corrected chi connectivity index (χ2v) is 4.69. The van der Waals surface area contributed by atoms with Crippen LogP contribution in [0, 0.1) is 3.77 Å². The minimum atomic E-state index is 0.604. The van der Waals surface area contributed by atoms with Gasteiger partial charge in [-0.2, -0.15) is 0 Å². The fourth-order valence-electron chi connectivity index (χ4n) is 1.58. The molecule has 2 aromatic rings. The molecule has 0 saturated carbocycles. The first kappa shape index (κ1) is 13.1. The molecule has 0 amide bonds. The van der Waals surface area contributed by atoms with Crippen molar-refractivity contribution in [3.05, 3.63) is 39.9 Å². The van der Waals surface area contributed by atoms with Crippen LogP contribution in [0.25, 0.3) is 0 Å². The number of nitrogens with one attached hydrogen (secondary N) is 1. The van der Waals surface area contributed by atoms with E-state index in [1.54, 1.807) is 14.2 Å². The van der Waals surface area contributed by atoms with Crippen LogP contribution in [0.5, 0.6) is 11.5 Å². The van der Waals surface area contributed by atoms with Crippen molar-refractivity contribution in [2.45, 2.75) is 6.54 Å². The zero-order valence-corrected chi connectivity index (χ0v) is 12.4. The summed E-state index contributed by atoms with van der Waals surface area (Å²) < 4.78 is 16.8. The minimum Gasteiger partial charge on any atom is -0.497 e. The number of benzene rings is 1. The molecule has 0 radical (unpaired) electrons. The molecule has 18 heavy (non-hydrogen) atoms. The van der Waals surface area contributed by atoms with Crippen LogP contribution in [-0.2, 0) is 6.54 Å². The minimum absolute atomic E-state index is 0.604.